The number of pyridine rings is 1. The molecule has 6 nitrogen and oxygen atoms in total. The van der Waals surface area contributed by atoms with Crippen LogP contribution >= 0.6 is 0 Å². The van der Waals surface area contributed by atoms with E-state index >= 15 is 0 Å². The Bertz CT molecular complexity index is 1050. The number of anilines is 4. The van der Waals surface area contributed by atoms with Crippen molar-refractivity contribution < 1.29 is 9.53 Å². The van der Waals surface area contributed by atoms with Gasteiger partial charge in [-0.25, -0.2) is 4.98 Å². The van der Waals surface area contributed by atoms with E-state index in [1.54, 1.807) is 0 Å². The van der Waals surface area contributed by atoms with Gasteiger partial charge in [-0.2, -0.15) is 0 Å². The largest absolute Gasteiger partial charge is 0.371 e. The van der Waals surface area contributed by atoms with E-state index in [-0.39, 0.29) is 11.8 Å². The fraction of sp³-hybridized carbons (Fsp3) is 0.571. The summed E-state index contributed by atoms with van der Waals surface area (Å²) >= 11 is 0. The number of carbonyl (C=O) groups is 1. The number of amides is 1. The first-order valence-corrected chi connectivity index (χ1v) is 13.1. The number of ether oxygens (including phenoxy) is 1. The van der Waals surface area contributed by atoms with E-state index in [1.807, 2.05) is 17.2 Å². The molecule has 1 N–H and O–H groups in total. The maximum absolute atomic E-state index is 14.0. The van der Waals surface area contributed by atoms with E-state index in [4.69, 9.17) is 4.74 Å². The summed E-state index contributed by atoms with van der Waals surface area (Å²) in [5.41, 5.74) is 4.18. The van der Waals surface area contributed by atoms with Crippen LogP contribution in [-0.4, -0.2) is 36.2 Å². The quantitative estimate of drug-likeness (QED) is 0.653. The molecule has 1 amide bonds. The second-order valence-electron chi connectivity index (χ2n) is 11.1. The number of piperidine rings is 1. The number of hydrogen-bond donors (Lipinski definition) is 1. The molecule has 34 heavy (non-hydrogen) atoms. The number of aromatic nitrogens is 1. The molecule has 6 heteroatoms. The average molecular weight is 461 g/mol. The minimum absolute atomic E-state index is 0.106. The third kappa shape index (κ3) is 4.17. The molecular weight excluding hydrogens is 424 g/mol. The van der Waals surface area contributed by atoms with Crippen molar-refractivity contribution in [2.24, 2.45) is 17.8 Å². The monoisotopic (exact) mass is 460 g/mol. The van der Waals surface area contributed by atoms with E-state index in [9.17, 15) is 4.79 Å². The fourth-order valence-electron chi connectivity index (χ4n) is 6.40. The minimum atomic E-state index is 0.106. The van der Waals surface area contributed by atoms with Crippen LogP contribution < -0.4 is 15.1 Å². The molecule has 7 rings (SSSR count). The molecule has 1 aliphatic carbocycles. The predicted octanol–water partition coefficient (Wildman–Crippen LogP) is 5.50. The average Bonchev–Trinajstić information content (AvgIpc) is 2.99. The van der Waals surface area contributed by atoms with Crippen molar-refractivity contribution in [3.05, 3.63) is 42.1 Å². The van der Waals surface area contributed by atoms with Gasteiger partial charge < -0.3 is 19.9 Å². The van der Waals surface area contributed by atoms with Gasteiger partial charge in [0.05, 0.1) is 30.1 Å². The van der Waals surface area contributed by atoms with Gasteiger partial charge in [-0.15, -0.1) is 0 Å². The van der Waals surface area contributed by atoms with Crippen LogP contribution in [0.3, 0.4) is 0 Å². The van der Waals surface area contributed by atoms with Gasteiger partial charge in [-0.1, -0.05) is 19.9 Å². The first kappa shape index (κ1) is 21.9. The van der Waals surface area contributed by atoms with Gasteiger partial charge >= 0.3 is 0 Å². The molecule has 5 heterocycles. The van der Waals surface area contributed by atoms with Gasteiger partial charge in [0.15, 0.2) is 0 Å². The fourth-order valence-corrected chi connectivity index (χ4v) is 6.40. The zero-order valence-electron chi connectivity index (χ0n) is 20.4. The highest BCUT2D eigenvalue weighted by atomic mass is 16.5. The lowest BCUT2D eigenvalue weighted by atomic mass is 9.78. The summed E-state index contributed by atoms with van der Waals surface area (Å²) in [6, 6.07) is 10.5. The Balaban J connectivity index is 1.29. The van der Waals surface area contributed by atoms with Crippen LogP contribution in [0.15, 0.2) is 36.5 Å². The number of rotatable bonds is 4. The summed E-state index contributed by atoms with van der Waals surface area (Å²) in [7, 11) is 0. The van der Waals surface area contributed by atoms with Crippen molar-refractivity contribution in [2.75, 3.05) is 28.2 Å². The molecule has 5 aliphatic rings. The SMILES string of the molecule is CC(C)CC1CCC(C(=O)N2Cc3cccnc3Nc3ccc(N4CC5CC(C4)O5)cc32)CC1. The van der Waals surface area contributed by atoms with E-state index < -0.39 is 0 Å². The summed E-state index contributed by atoms with van der Waals surface area (Å²) in [5, 5.41) is 3.52. The number of carbonyl (C=O) groups excluding carboxylic acids is 1. The molecule has 180 valence electrons. The zero-order chi connectivity index (χ0) is 23.2. The van der Waals surface area contributed by atoms with Crippen LogP contribution in [-0.2, 0) is 16.1 Å². The van der Waals surface area contributed by atoms with Crippen molar-refractivity contribution in [1.29, 1.82) is 0 Å². The number of nitrogens with zero attached hydrogens (tertiary/aromatic N) is 3. The van der Waals surface area contributed by atoms with Crippen LogP contribution in [0.4, 0.5) is 22.9 Å². The van der Waals surface area contributed by atoms with Crippen LogP contribution in [0.5, 0.6) is 0 Å². The molecule has 2 aromatic rings. The number of benzene rings is 1. The maximum Gasteiger partial charge on any atom is 0.230 e. The zero-order valence-corrected chi connectivity index (χ0v) is 20.4. The Morgan fingerprint density at radius 2 is 1.91 bits per heavy atom. The van der Waals surface area contributed by atoms with Gasteiger partial charge in [0, 0.05) is 42.9 Å². The van der Waals surface area contributed by atoms with Crippen molar-refractivity contribution in [3.8, 4) is 0 Å². The molecule has 4 fully saturated rings. The predicted molar refractivity (Wildman–Crippen MR) is 136 cm³/mol. The third-order valence-electron chi connectivity index (χ3n) is 8.14. The molecule has 1 aromatic carbocycles. The molecule has 4 aliphatic heterocycles. The Hall–Kier alpha value is -2.60. The highest BCUT2D eigenvalue weighted by Gasteiger charge is 2.39. The lowest BCUT2D eigenvalue weighted by Gasteiger charge is -2.48. The maximum atomic E-state index is 14.0. The van der Waals surface area contributed by atoms with Gasteiger partial charge in [-0.3, -0.25) is 4.79 Å². The second-order valence-corrected chi connectivity index (χ2v) is 11.1. The van der Waals surface area contributed by atoms with E-state index in [0.29, 0.717) is 18.8 Å². The van der Waals surface area contributed by atoms with Crippen molar-refractivity contribution >= 4 is 28.8 Å². The Morgan fingerprint density at radius 3 is 2.65 bits per heavy atom. The molecule has 2 bridgehead atoms. The Kier molecular flexibility index (Phi) is 5.72. The lowest BCUT2D eigenvalue weighted by molar-refractivity contribution is -0.133. The molecular formula is C28H36N4O2. The molecule has 1 aromatic heterocycles. The minimum Gasteiger partial charge on any atom is -0.371 e. The van der Waals surface area contributed by atoms with Gasteiger partial charge in [0.2, 0.25) is 5.91 Å². The molecule has 0 radical (unpaired) electrons. The van der Waals surface area contributed by atoms with Gasteiger partial charge in [0.1, 0.15) is 5.82 Å². The number of fused-ring (bicyclic) bond motifs is 4. The number of morpholine rings is 1. The summed E-state index contributed by atoms with van der Waals surface area (Å²) in [5.74, 6) is 2.72. The highest BCUT2D eigenvalue weighted by Crippen LogP contribution is 2.41. The number of hydrogen-bond acceptors (Lipinski definition) is 5. The van der Waals surface area contributed by atoms with E-state index in [1.165, 1.54) is 31.4 Å². The topological polar surface area (TPSA) is 57.7 Å². The highest BCUT2D eigenvalue weighted by molar-refractivity contribution is 6.00. The Labute approximate surface area is 202 Å². The van der Waals surface area contributed by atoms with Crippen LogP contribution in [0, 0.1) is 17.8 Å². The molecule has 2 atom stereocenters. The van der Waals surface area contributed by atoms with Crippen molar-refractivity contribution in [2.45, 2.75) is 71.1 Å². The van der Waals surface area contributed by atoms with E-state index in [0.717, 1.165) is 60.5 Å². The normalized spacial score (nSPS) is 27.9. The second kappa shape index (κ2) is 8.88. The van der Waals surface area contributed by atoms with Gasteiger partial charge in [0.25, 0.3) is 0 Å². The molecule has 0 spiro atoms. The number of nitrogens with one attached hydrogen (secondary N) is 1. The summed E-state index contributed by atoms with van der Waals surface area (Å²) in [6.45, 7) is 7.03. The summed E-state index contributed by atoms with van der Waals surface area (Å²) < 4.78 is 5.85. The first-order valence-electron chi connectivity index (χ1n) is 13.1. The smallest absolute Gasteiger partial charge is 0.230 e. The molecule has 2 unspecified atom stereocenters. The van der Waals surface area contributed by atoms with Crippen molar-refractivity contribution in [1.82, 2.24) is 4.98 Å². The van der Waals surface area contributed by atoms with E-state index in [2.05, 4.69) is 53.3 Å². The molecule has 3 saturated heterocycles. The summed E-state index contributed by atoms with van der Waals surface area (Å²) in [6.07, 6.45) is 9.31. The van der Waals surface area contributed by atoms with Crippen LogP contribution in [0.25, 0.3) is 0 Å². The molecule has 1 saturated carbocycles. The Morgan fingerprint density at radius 1 is 1.15 bits per heavy atom. The first-order chi connectivity index (χ1) is 16.5. The third-order valence-corrected chi connectivity index (χ3v) is 8.14. The standard InChI is InChI=1S/C28H36N4O2/c1-18(2)12-19-5-7-20(8-6-19)28(33)32-15-21-4-3-11-29-27(21)30-25-10-9-22(13-26(25)32)31-16-23-14-24(17-31)34-23/h3-4,9-11,13,18-20,23-24H,5-8,12,14-17H2,1-2H3,(H,29,30). The summed E-state index contributed by atoms with van der Waals surface area (Å²) in [4.78, 5) is 23.0. The van der Waals surface area contributed by atoms with Gasteiger partial charge in [-0.05, 0) is 68.2 Å². The van der Waals surface area contributed by atoms with Crippen LogP contribution in [0.2, 0.25) is 0 Å². The van der Waals surface area contributed by atoms with Crippen molar-refractivity contribution in [3.63, 3.8) is 0 Å². The lowest BCUT2D eigenvalue weighted by Crippen LogP contribution is -2.57. The van der Waals surface area contributed by atoms with Crippen LogP contribution in [0.1, 0.15) is 57.9 Å².